The Bertz CT molecular complexity index is 1390. The molecule has 0 aliphatic heterocycles. The van der Waals surface area contributed by atoms with Crippen LogP contribution in [0.25, 0.3) is 27.3 Å². The van der Waals surface area contributed by atoms with E-state index in [9.17, 15) is 14.4 Å². The molecule has 0 unspecified atom stereocenters. The number of thiophene rings is 1. The molecule has 0 aliphatic carbocycles. The van der Waals surface area contributed by atoms with Gasteiger partial charge in [-0.2, -0.15) is 10.00 Å². The number of hydrogen-bond acceptors (Lipinski definition) is 9. The molecule has 2 amide bonds. The number of ether oxygens (including phenoxy) is 3. The van der Waals surface area contributed by atoms with Crippen LogP contribution in [-0.4, -0.2) is 53.1 Å². The van der Waals surface area contributed by atoms with Crippen LogP contribution in [0.5, 0.6) is 0 Å². The molecule has 0 saturated carbocycles. The number of esters is 1. The molecular formula is C28H30N4O6S. The summed E-state index contributed by atoms with van der Waals surface area (Å²) < 4.78 is 17.3. The monoisotopic (exact) mass is 550 g/mol. The normalized spacial score (nSPS) is 10.8. The van der Waals surface area contributed by atoms with Crippen molar-refractivity contribution in [3.63, 3.8) is 0 Å². The van der Waals surface area contributed by atoms with Crippen LogP contribution >= 0.6 is 11.3 Å². The Morgan fingerprint density at radius 3 is 2.18 bits per heavy atom. The van der Waals surface area contributed by atoms with Crippen molar-refractivity contribution in [1.82, 2.24) is 14.6 Å². The molecule has 0 aliphatic rings. The van der Waals surface area contributed by atoms with Crippen molar-refractivity contribution in [2.75, 3.05) is 25.2 Å². The maximum Gasteiger partial charge on any atom is 0.424 e. The number of carbonyl (C=O) groups excluding carboxylic acids is 3. The molecule has 4 rings (SSSR count). The van der Waals surface area contributed by atoms with Crippen LogP contribution in [0.3, 0.4) is 0 Å². The van der Waals surface area contributed by atoms with E-state index in [0.717, 1.165) is 51.5 Å². The number of aromatic nitrogens is 3. The Balaban J connectivity index is 1.68. The summed E-state index contributed by atoms with van der Waals surface area (Å²) in [4.78, 5) is 44.6. The van der Waals surface area contributed by atoms with Crippen molar-refractivity contribution >= 4 is 40.8 Å². The average molecular weight is 551 g/mol. The maximum absolute atomic E-state index is 13.0. The number of fused-ring (bicyclic) bond motifs is 1. The third-order valence-corrected chi connectivity index (χ3v) is 6.99. The largest absolute Gasteiger partial charge is 0.465 e. The summed E-state index contributed by atoms with van der Waals surface area (Å²) in [7, 11) is 1.24. The number of methoxy groups -OCH3 is 1. The number of rotatable bonds is 10. The lowest BCUT2D eigenvalue weighted by Gasteiger charge is -2.20. The first-order valence-corrected chi connectivity index (χ1v) is 13.6. The van der Waals surface area contributed by atoms with Crippen LogP contribution in [0.1, 0.15) is 49.2 Å². The maximum atomic E-state index is 13.0. The lowest BCUT2D eigenvalue weighted by molar-refractivity contribution is 0.0607. The molecule has 0 N–H and O–H groups in total. The molecule has 10 nitrogen and oxygen atoms in total. The van der Waals surface area contributed by atoms with Gasteiger partial charge in [0.25, 0.3) is 0 Å². The molecule has 39 heavy (non-hydrogen) atoms. The van der Waals surface area contributed by atoms with Crippen LogP contribution in [0.15, 0.2) is 54.9 Å². The molecule has 3 aromatic heterocycles. The third kappa shape index (κ3) is 6.43. The zero-order valence-electron chi connectivity index (χ0n) is 22.1. The molecule has 0 atom stereocenters. The summed E-state index contributed by atoms with van der Waals surface area (Å²) in [5.74, 6) is -0.678. The van der Waals surface area contributed by atoms with Crippen molar-refractivity contribution in [2.45, 2.75) is 39.5 Å². The number of amides is 2. The van der Waals surface area contributed by atoms with Gasteiger partial charge in [-0.05, 0) is 30.5 Å². The van der Waals surface area contributed by atoms with E-state index in [0.29, 0.717) is 17.7 Å². The summed E-state index contributed by atoms with van der Waals surface area (Å²) in [5.41, 5.74) is 3.22. The Kier molecular flexibility index (Phi) is 9.27. The van der Waals surface area contributed by atoms with Gasteiger partial charge in [-0.15, -0.1) is 11.3 Å². The summed E-state index contributed by atoms with van der Waals surface area (Å²) in [6.07, 6.45) is 4.62. The standard InChI is InChI=1S/C28H30N4O6S/c1-4-6-15-37-27(34)32(28(35)38-16-7-5-2)22-18-23(39-25(22)26(33)36-3)20-11-9-19(10-12-20)21-17-24-29-13-8-14-31(24)30-21/h8-14,17-18H,4-7,15-16H2,1-3H3. The number of nitrogens with zero attached hydrogens (tertiary/aromatic N) is 4. The predicted octanol–water partition coefficient (Wildman–Crippen LogP) is 6.59. The lowest BCUT2D eigenvalue weighted by Crippen LogP contribution is -2.39. The Hall–Kier alpha value is -4.25. The molecule has 0 saturated heterocycles. The second-order valence-electron chi connectivity index (χ2n) is 8.62. The topological polar surface area (TPSA) is 112 Å². The first-order chi connectivity index (χ1) is 19.0. The Morgan fingerprint density at radius 2 is 1.59 bits per heavy atom. The van der Waals surface area contributed by atoms with Crippen molar-refractivity contribution < 1.29 is 28.6 Å². The molecule has 0 bridgehead atoms. The smallest absolute Gasteiger partial charge is 0.424 e. The highest BCUT2D eigenvalue weighted by Gasteiger charge is 2.33. The van der Waals surface area contributed by atoms with Gasteiger partial charge < -0.3 is 14.2 Å². The minimum atomic E-state index is -0.907. The van der Waals surface area contributed by atoms with Crippen molar-refractivity contribution in [3.05, 3.63) is 59.7 Å². The molecule has 4 aromatic rings. The van der Waals surface area contributed by atoms with Gasteiger partial charge in [-0.1, -0.05) is 51.0 Å². The molecule has 11 heteroatoms. The Labute approximate surface area is 230 Å². The highest BCUT2D eigenvalue weighted by Crippen LogP contribution is 2.38. The molecule has 0 fully saturated rings. The highest BCUT2D eigenvalue weighted by atomic mass is 32.1. The minimum absolute atomic E-state index is 0.0559. The summed E-state index contributed by atoms with van der Waals surface area (Å²) in [6, 6.07) is 12.9. The van der Waals surface area contributed by atoms with Gasteiger partial charge in [0.2, 0.25) is 0 Å². The summed E-state index contributed by atoms with van der Waals surface area (Å²) in [5, 5.41) is 4.55. The predicted molar refractivity (Wildman–Crippen MR) is 148 cm³/mol. The van der Waals surface area contributed by atoms with E-state index in [1.807, 2.05) is 56.4 Å². The fraction of sp³-hybridized carbons (Fsp3) is 0.321. The van der Waals surface area contributed by atoms with Crippen LogP contribution in [0, 0.1) is 0 Å². The SMILES string of the molecule is CCCCOC(=O)N(C(=O)OCCCC)c1cc(-c2ccc(-c3cc4ncccn4n3)cc2)sc1C(=O)OC. The number of carbonyl (C=O) groups is 3. The number of hydrogen-bond donors (Lipinski definition) is 0. The highest BCUT2D eigenvalue weighted by molar-refractivity contribution is 7.18. The molecule has 1 aromatic carbocycles. The average Bonchev–Trinajstić information content (AvgIpc) is 3.58. The molecule has 0 spiro atoms. The van der Waals surface area contributed by atoms with Crippen molar-refractivity contribution in [1.29, 1.82) is 0 Å². The van der Waals surface area contributed by atoms with Crippen LogP contribution in [-0.2, 0) is 14.2 Å². The fourth-order valence-corrected chi connectivity index (χ4v) is 4.78. The molecule has 0 radical (unpaired) electrons. The minimum Gasteiger partial charge on any atom is -0.465 e. The second-order valence-corrected chi connectivity index (χ2v) is 9.67. The van der Waals surface area contributed by atoms with E-state index in [-0.39, 0.29) is 23.8 Å². The number of anilines is 1. The van der Waals surface area contributed by atoms with Gasteiger partial charge in [0.1, 0.15) is 4.88 Å². The number of imide groups is 1. The van der Waals surface area contributed by atoms with E-state index in [4.69, 9.17) is 14.2 Å². The zero-order valence-corrected chi connectivity index (χ0v) is 22.9. The number of unbranched alkanes of at least 4 members (excludes halogenated alkanes) is 2. The fourth-order valence-electron chi connectivity index (χ4n) is 3.71. The molecule has 204 valence electrons. The van der Waals surface area contributed by atoms with Crippen LogP contribution in [0.4, 0.5) is 15.3 Å². The van der Waals surface area contributed by atoms with E-state index in [1.54, 1.807) is 16.8 Å². The van der Waals surface area contributed by atoms with Gasteiger partial charge in [-0.25, -0.2) is 23.9 Å². The lowest BCUT2D eigenvalue weighted by atomic mass is 10.1. The zero-order chi connectivity index (χ0) is 27.8. The summed E-state index contributed by atoms with van der Waals surface area (Å²) >= 11 is 1.11. The van der Waals surface area contributed by atoms with Gasteiger partial charge in [0.15, 0.2) is 5.65 Å². The van der Waals surface area contributed by atoms with E-state index in [2.05, 4.69) is 10.1 Å². The molecule has 3 heterocycles. The first kappa shape index (κ1) is 27.8. The van der Waals surface area contributed by atoms with E-state index in [1.165, 1.54) is 7.11 Å². The van der Waals surface area contributed by atoms with Gasteiger partial charge in [0, 0.05) is 28.9 Å². The quantitative estimate of drug-likeness (QED) is 0.123. The van der Waals surface area contributed by atoms with Crippen molar-refractivity contribution in [2.24, 2.45) is 0 Å². The first-order valence-electron chi connectivity index (χ1n) is 12.7. The third-order valence-electron chi connectivity index (χ3n) is 5.84. The van der Waals surface area contributed by atoms with Gasteiger partial charge in [0.05, 0.1) is 31.7 Å². The second kappa shape index (κ2) is 13.0. The van der Waals surface area contributed by atoms with Gasteiger partial charge in [-0.3, -0.25) is 0 Å². The van der Waals surface area contributed by atoms with Crippen LogP contribution < -0.4 is 4.90 Å². The van der Waals surface area contributed by atoms with Crippen LogP contribution in [0.2, 0.25) is 0 Å². The van der Waals surface area contributed by atoms with Gasteiger partial charge >= 0.3 is 18.2 Å². The van der Waals surface area contributed by atoms with E-state index < -0.39 is 18.2 Å². The van der Waals surface area contributed by atoms with E-state index >= 15 is 0 Å². The Morgan fingerprint density at radius 1 is 0.949 bits per heavy atom. The molecular weight excluding hydrogens is 520 g/mol. The van der Waals surface area contributed by atoms with Crippen molar-refractivity contribution in [3.8, 4) is 21.7 Å². The summed E-state index contributed by atoms with van der Waals surface area (Å²) in [6.45, 7) is 4.20. The number of benzene rings is 1.